The number of nitrogens with zero attached hydrogens (tertiary/aromatic N) is 1. The highest BCUT2D eigenvalue weighted by Crippen LogP contribution is 2.27. The second kappa shape index (κ2) is 6.31. The summed E-state index contributed by atoms with van der Waals surface area (Å²) in [6.45, 7) is 1.87. The number of para-hydroxylation sites is 1. The zero-order valence-corrected chi connectivity index (χ0v) is 12.5. The van der Waals surface area contributed by atoms with Crippen LogP contribution < -0.4 is 10.6 Å². The molecule has 0 fully saturated rings. The van der Waals surface area contributed by atoms with Crippen LogP contribution in [-0.4, -0.2) is 20.1 Å². The monoisotopic (exact) mass is 284 g/mol. The summed E-state index contributed by atoms with van der Waals surface area (Å²) >= 11 is 0. The van der Waals surface area contributed by atoms with Crippen molar-refractivity contribution in [1.82, 2.24) is 0 Å². The van der Waals surface area contributed by atoms with Gasteiger partial charge in [0.25, 0.3) is 0 Å². The summed E-state index contributed by atoms with van der Waals surface area (Å²) in [5.41, 5.74) is 8.75. The van der Waals surface area contributed by atoms with Gasteiger partial charge in [0, 0.05) is 31.0 Å². The average Bonchev–Trinajstić information content (AvgIpc) is 2.47. The zero-order chi connectivity index (χ0) is 15.4. The fourth-order valence-electron chi connectivity index (χ4n) is 2.15. The van der Waals surface area contributed by atoms with Gasteiger partial charge in [-0.15, -0.1) is 0 Å². The van der Waals surface area contributed by atoms with Gasteiger partial charge in [0.15, 0.2) is 0 Å². The molecule has 0 radical (unpaired) electrons. The van der Waals surface area contributed by atoms with Crippen LogP contribution in [0.5, 0.6) is 0 Å². The summed E-state index contributed by atoms with van der Waals surface area (Å²) in [4.78, 5) is 14.1. The molecule has 0 aliphatic carbocycles. The molecule has 4 heteroatoms. The predicted octanol–water partition coefficient (Wildman–Crippen LogP) is 3.25. The van der Waals surface area contributed by atoms with E-state index in [1.54, 1.807) is 24.3 Å². The highest BCUT2D eigenvalue weighted by atomic mass is 16.5. The molecule has 1 atom stereocenters. The molecule has 0 saturated heterocycles. The molecule has 4 nitrogen and oxygen atoms in total. The molecule has 0 bridgehead atoms. The molecule has 0 spiro atoms. The second-order valence-electron chi connectivity index (χ2n) is 5.12. The van der Waals surface area contributed by atoms with Gasteiger partial charge in [-0.1, -0.05) is 18.2 Å². The first-order valence-corrected chi connectivity index (χ1v) is 6.82. The number of rotatable bonds is 4. The third-order valence-electron chi connectivity index (χ3n) is 3.29. The third-order valence-corrected chi connectivity index (χ3v) is 3.29. The summed E-state index contributed by atoms with van der Waals surface area (Å²) in [6, 6.07) is 14.6. The molecule has 0 saturated carbocycles. The molecule has 21 heavy (non-hydrogen) atoms. The molecule has 110 valence electrons. The normalized spacial score (nSPS) is 11.8. The Kier molecular flexibility index (Phi) is 4.48. The molecule has 0 heterocycles. The van der Waals surface area contributed by atoms with Gasteiger partial charge >= 0.3 is 5.97 Å². The molecule has 1 unspecified atom stereocenters. The molecular weight excluding hydrogens is 264 g/mol. The maximum atomic E-state index is 12.1. The van der Waals surface area contributed by atoms with Gasteiger partial charge in [-0.25, -0.2) is 4.79 Å². The minimum Gasteiger partial charge on any atom is -0.454 e. The van der Waals surface area contributed by atoms with Crippen LogP contribution in [0.4, 0.5) is 11.4 Å². The van der Waals surface area contributed by atoms with Gasteiger partial charge in [-0.05, 0) is 37.3 Å². The highest BCUT2D eigenvalue weighted by molar-refractivity contribution is 5.90. The third kappa shape index (κ3) is 3.54. The van der Waals surface area contributed by atoms with Crippen molar-refractivity contribution >= 4 is 17.3 Å². The maximum Gasteiger partial charge on any atom is 0.338 e. The van der Waals surface area contributed by atoms with E-state index in [4.69, 9.17) is 10.5 Å². The van der Waals surface area contributed by atoms with E-state index < -0.39 is 0 Å². The average molecular weight is 284 g/mol. The van der Waals surface area contributed by atoms with Crippen molar-refractivity contribution in [1.29, 1.82) is 0 Å². The van der Waals surface area contributed by atoms with E-state index in [0.29, 0.717) is 11.3 Å². The first-order chi connectivity index (χ1) is 9.99. The van der Waals surface area contributed by atoms with E-state index in [2.05, 4.69) is 0 Å². The Balaban J connectivity index is 2.16. The number of esters is 1. The fraction of sp³-hybridized carbons (Fsp3) is 0.235. The molecule has 0 aliphatic heterocycles. The van der Waals surface area contributed by atoms with E-state index in [1.165, 1.54) is 0 Å². The lowest BCUT2D eigenvalue weighted by atomic mass is 10.1. The van der Waals surface area contributed by atoms with Gasteiger partial charge in [0.1, 0.15) is 6.10 Å². The van der Waals surface area contributed by atoms with Crippen LogP contribution in [0.3, 0.4) is 0 Å². The zero-order valence-electron chi connectivity index (χ0n) is 12.5. The number of ether oxygens (including phenoxy) is 1. The van der Waals surface area contributed by atoms with Crippen LogP contribution in [-0.2, 0) is 4.74 Å². The minimum atomic E-state index is -0.351. The number of benzene rings is 2. The summed E-state index contributed by atoms with van der Waals surface area (Å²) in [6.07, 6.45) is -0.325. The van der Waals surface area contributed by atoms with E-state index in [-0.39, 0.29) is 12.1 Å². The first kappa shape index (κ1) is 14.9. The largest absolute Gasteiger partial charge is 0.454 e. The Labute approximate surface area is 125 Å². The van der Waals surface area contributed by atoms with E-state index in [0.717, 1.165) is 11.3 Å². The molecule has 0 amide bonds. The second-order valence-corrected chi connectivity index (χ2v) is 5.12. The molecule has 2 aromatic carbocycles. The van der Waals surface area contributed by atoms with Crippen LogP contribution in [0.1, 0.15) is 28.9 Å². The molecular formula is C17H20N2O2. The fourth-order valence-corrected chi connectivity index (χ4v) is 2.15. The van der Waals surface area contributed by atoms with E-state index in [9.17, 15) is 4.79 Å². The van der Waals surface area contributed by atoms with Gasteiger partial charge < -0.3 is 15.4 Å². The standard InChI is InChI=1S/C17H20N2O2/c1-12(15-6-4-5-7-16(15)19(2)3)21-17(20)13-8-10-14(18)11-9-13/h4-12H,18H2,1-3H3. The Bertz CT molecular complexity index is 621. The van der Waals surface area contributed by atoms with Gasteiger partial charge in [-0.3, -0.25) is 0 Å². The molecule has 0 aromatic heterocycles. The number of hydrogen-bond acceptors (Lipinski definition) is 4. The summed E-state index contributed by atoms with van der Waals surface area (Å²) < 4.78 is 5.55. The lowest BCUT2D eigenvalue weighted by Gasteiger charge is -2.21. The molecule has 2 N–H and O–H groups in total. The van der Waals surface area contributed by atoms with Crippen molar-refractivity contribution in [3.05, 3.63) is 59.7 Å². The number of hydrogen-bond donors (Lipinski definition) is 1. The van der Waals surface area contributed by atoms with Crippen LogP contribution in [0, 0.1) is 0 Å². The minimum absolute atomic E-state index is 0.325. The van der Waals surface area contributed by atoms with Gasteiger partial charge in [-0.2, -0.15) is 0 Å². The summed E-state index contributed by atoms with van der Waals surface area (Å²) in [5, 5.41) is 0. The quantitative estimate of drug-likeness (QED) is 0.691. The Hall–Kier alpha value is -2.49. The highest BCUT2D eigenvalue weighted by Gasteiger charge is 2.17. The molecule has 2 aromatic rings. The summed E-state index contributed by atoms with van der Waals surface area (Å²) in [7, 11) is 3.93. The van der Waals surface area contributed by atoms with E-state index >= 15 is 0 Å². The van der Waals surface area contributed by atoms with Crippen molar-refractivity contribution in [3.63, 3.8) is 0 Å². The van der Waals surface area contributed by atoms with Crippen LogP contribution >= 0.6 is 0 Å². The smallest absolute Gasteiger partial charge is 0.338 e. The van der Waals surface area contributed by atoms with Crippen LogP contribution in [0.15, 0.2) is 48.5 Å². The first-order valence-electron chi connectivity index (χ1n) is 6.82. The number of carbonyl (C=O) groups is 1. The number of anilines is 2. The van der Waals surface area contributed by atoms with Crippen molar-refractivity contribution in [2.24, 2.45) is 0 Å². The lowest BCUT2D eigenvalue weighted by Crippen LogP contribution is -2.15. The molecule has 2 rings (SSSR count). The number of nitrogen functional groups attached to an aromatic ring is 1. The number of nitrogens with two attached hydrogens (primary N) is 1. The lowest BCUT2D eigenvalue weighted by molar-refractivity contribution is 0.0339. The van der Waals surface area contributed by atoms with Gasteiger partial charge in [0.2, 0.25) is 0 Å². The van der Waals surface area contributed by atoms with Crippen LogP contribution in [0.25, 0.3) is 0 Å². The Morgan fingerprint density at radius 1 is 1.10 bits per heavy atom. The van der Waals surface area contributed by atoms with E-state index in [1.807, 2.05) is 50.2 Å². The topological polar surface area (TPSA) is 55.6 Å². The van der Waals surface area contributed by atoms with Crippen molar-refractivity contribution < 1.29 is 9.53 Å². The summed E-state index contributed by atoms with van der Waals surface area (Å²) in [5.74, 6) is -0.351. The van der Waals surface area contributed by atoms with Crippen LogP contribution in [0.2, 0.25) is 0 Å². The predicted molar refractivity (Wildman–Crippen MR) is 85.5 cm³/mol. The van der Waals surface area contributed by atoms with Crippen molar-refractivity contribution in [2.45, 2.75) is 13.0 Å². The Morgan fingerprint density at radius 2 is 1.71 bits per heavy atom. The van der Waals surface area contributed by atoms with Crippen molar-refractivity contribution in [2.75, 3.05) is 24.7 Å². The SMILES string of the molecule is CC(OC(=O)c1ccc(N)cc1)c1ccccc1N(C)C. The van der Waals surface area contributed by atoms with Crippen molar-refractivity contribution in [3.8, 4) is 0 Å². The number of carbonyl (C=O) groups excluding carboxylic acids is 1. The maximum absolute atomic E-state index is 12.1. The molecule has 0 aliphatic rings. The Morgan fingerprint density at radius 3 is 2.33 bits per heavy atom. The van der Waals surface area contributed by atoms with Gasteiger partial charge in [0.05, 0.1) is 5.56 Å².